The van der Waals surface area contributed by atoms with Crippen molar-refractivity contribution in [2.45, 2.75) is 57.4 Å². The standard InChI is InChI=1S/C15H25N3O2/c1-12-5-7-15(8-6-12)13(19)18(14(20)16-15)11-17-9-3-2-4-10-17/h12H,2-11H2,1H3,(H,16,20). The molecule has 3 aliphatic rings. The molecule has 3 amide bonds. The van der Waals surface area contributed by atoms with Crippen LogP contribution in [0.15, 0.2) is 0 Å². The molecule has 1 spiro atoms. The van der Waals surface area contributed by atoms with E-state index < -0.39 is 5.54 Å². The van der Waals surface area contributed by atoms with E-state index in [1.54, 1.807) is 0 Å². The van der Waals surface area contributed by atoms with Gasteiger partial charge in [0.15, 0.2) is 0 Å². The summed E-state index contributed by atoms with van der Waals surface area (Å²) in [5, 5.41) is 2.99. The molecular weight excluding hydrogens is 254 g/mol. The van der Waals surface area contributed by atoms with E-state index in [2.05, 4.69) is 17.1 Å². The third-order valence-corrected chi connectivity index (χ3v) is 5.16. The molecule has 0 unspecified atom stereocenters. The van der Waals surface area contributed by atoms with Crippen LogP contribution in [0.2, 0.25) is 0 Å². The number of hydrogen-bond donors (Lipinski definition) is 1. The minimum Gasteiger partial charge on any atom is -0.323 e. The Kier molecular flexibility index (Phi) is 3.71. The molecule has 112 valence electrons. The first-order valence-corrected chi connectivity index (χ1v) is 7.97. The Morgan fingerprint density at radius 2 is 1.80 bits per heavy atom. The van der Waals surface area contributed by atoms with Gasteiger partial charge in [0.25, 0.3) is 5.91 Å². The fraction of sp³-hybridized carbons (Fsp3) is 0.867. The molecule has 1 saturated carbocycles. The van der Waals surface area contributed by atoms with Gasteiger partial charge in [-0.15, -0.1) is 0 Å². The van der Waals surface area contributed by atoms with Gasteiger partial charge in [-0.05, 0) is 57.5 Å². The van der Waals surface area contributed by atoms with Crippen LogP contribution in [0.5, 0.6) is 0 Å². The topological polar surface area (TPSA) is 52.7 Å². The van der Waals surface area contributed by atoms with E-state index in [-0.39, 0.29) is 11.9 Å². The molecule has 2 saturated heterocycles. The summed E-state index contributed by atoms with van der Waals surface area (Å²) in [7, 11) is 0. The van der Waals surface area contributed by atoms with Crippen LogP contribution in [0, 0.1) is 5.92 Å². The number of urea groups is 1. The van der Waals surface area contributed by atoms with Crippen LogP contribution >= 0.6 is 0 Å². The minimum absolute atomic E-state index is 0.0139. The first kappa shape index (κ1) is 13.9. The molecule has 0 aromatic carbocycles. The smallest absolute Gasteiger partial charge is 0.323 e. The Hall–Kier alpha value is -1.10. The number of rotatable bonds is 2. The number of piperidine rings is 1. The van der Waals surface area contributed by atoms with Crippen molar-refractivity contribution in [3.05, 3.63) is 0 Å². The average molecular weight is 279 g/mol. The molecular formula is C15H25N3O2. The van der Waals surface area contributed by atoms with Crippen molar-refractivity contribution in [3.63, 3.8) is 0 Å². The van der Waals surface area contributed by atoms with Gasteiger partial charge < -0.3 is 5.32 Å². The Bertz CT molecular complexity index is 396. The normalized spacial score (nSPS) is 35.6. The van der Waals surface area contributed by atoms with Crippen LogP contribution in [0.25, 0.3) is 0 Å². The van der Waals surface area contributed by atoms with E-state index in [4.69, 9.17) is 0 Å². The summed E-state index contributed by atoms with van der Waals surface area (Å²) in [5.74, 6) is 0.682. The van der Waals surface area contributed by atoms with Gasteiger partial charge in [0.05, 0.1) is 6.67 Å². The zero-order chi connectivity index (χ0) is 14.2. The molecule has 3 fully saturated rings. The number of carbonyl (C=O) groups is 2. The van der Waals surface area contributed by atoms with Crippen molar-refractivity contribution in [1.82, 2.24) is 15.1 Å². The van der Waals surface area contributed by atoms with E-state index in [0.717, 1.165) is 38.8 Å². The monoisotopic (exact) mass is 279 g/mol. The van der Waals surface area contributed by atoms with E-state index in [0.29, 0.717) is 12.6 Å². The van der Waals surface area contributed by atoms with Crippen LogP contribution in [-0.2, 0) is 4.79 Å². The number of amides is 3. The summed E-state index contributed by atoms with van der Waals surface area (Å²) < 4.78 is 0. The summed E-state index contributed by atoms with van der Waals surface area (Å²) >= 11 is 0. The Morgan fingerprint density at radius 1 is 1.15 bits per heavy atom. The second-order valence-electron chi connectivity index (χ2n) is 6.75. The lowest BCUT2D eigenvalue weighted by atomic mass is 9.77. The first-order chi connectivity index (χ1) is 9.61. The number of hydrogen-bond acceptors (Lipinski definition) is 3. The zero-order valence-corrected chi connectivity index (χ0v) is 12.4. The highest BCUT2D eigenvalue weighted by Gasteiger charge is 2.52. The predicted octanol–water partition coefficient (Wildman–Crippen LogP) is 1.93. The predicted molar refractivity (Wildman–Crippen MR) is 76.0 cm³/mol. The highest BCUT2D eigenvalue weighted by Crippen LogP contribution is 2.36. The van der Waals surface area contributed by atoms with Crippen LogP contribution in [-0.4, -0.2) is 47.0 Å². The third-order valence-electron chi connectivity index (χ3n) is 5.16. The van der Waals surface area contributed by atoms with Crippen molar-refractivity contribution in [2.75, 3.05) is 19.8 Å². The number of carbonyl (C=O) groups excluding carboxylic acids is 2. The van der Waals surface area contributed by atoms with E-state index in [1.165, 1.54) is 24.2 Å². The van der Waals surface area contributed by atoms with E-state index in [9.17, 15) is 9.59 Å². The summed E-state index contributed by atoms with van der Waals surface area (Å²) in [5.41, 5.74) is -0.584. The maximum Gasteiger partial charge on any atom is 0.326 e. The van der Waals surface area contributed by atoms with Gasteiger partial charge in [0.2, 0.25) is 0 Å². The molecule has 0 radical (unpaired) electrons. The van der Waals surface area contributed by atoms with Gasteiger partial charge in [-0.2, -0.15) is 0 Å². The fourth-order valence-electron chi connectivity index (χ4n) is 3.70. The lowest BCUT2D eigenvalue weighted by Crippen LogP contribution is -2.50. The van der Waals surface area contributed by atoms with E-state index in [1.807, 2.05) is 0 Å². The number of nitrogens with one attached hydrogen (secondary N) is 1. The summed E-state index contributed by atoms with van der Waals surface area (Å²) in [6.07, 6.45) is 7.27. The molecule has 3 rings (SSSR count). The third kappa shape index (κ3) is 2.43. The van der Waals surface area contributed by atoms with Crippen LogP contribution < -0.4 is 5.32 Å². The van der Waals surface area contributed by atoms with Gasteiger partial charge in [0.1, 0.15) is 5.54 Å². The molecule has 0 aromatic rings. The quantitative estimate of drug-likeness (QED) is 0.786. The maximum absolute atomic E-state index is 12.7. The lowest BCUT2D eigenvalue weighted by molar-refractivity contribution is -0.134. The van der Waals surface area contributed by atoms with Crippen molar-refractivity contribution in [1.29, 1.82) is 0 Å². The largest absolute Gasteiger partial charge is 0.326 e. The number of imide groups is 1. The molecule has 5 nitrogen and oxygen atoms in total. The molecule has 2 aliphatic heterocycles. The van der Waals surface area contributed by atoms with Crippen LogP contribution in [0.1, 0.15) is 51.9 Å². The summed E-state index contributed by atoms with van der Waals surface area (Å²) in [6.45, 7) is 4.70. The minimum atomic E-state index is -0.584. The molecule has 2 heterocycles. The van der Waals surface area contributed by atoms with Crippen LogP contribution in [0.4, 0.5) is 4.79 Å². The SMILES string of the molecule is CC1CCC2(CC1)NC(=O)N(CN1CCCCC1)C2=O. The van der Waals surface area contributed by atoms with Crippen LogP contribution in [0.3, 0.4) is 0 Å². The maximum atomic E-state index is 12.7. The molecule has 5 heteroatoms. The van der Waals surface area contributed by atoms with Crippen molar-refractivity contribution < 1.29 is 9.59 Å². The fourth-order valence-corrected chi connectivity index (χ4v) is 3.70. The Morgan fingerprint density at radius 3 is 2.45 bits per heavy atom. The van der Waals surface area contributed by atoms with E-state index >= 15 is 0 Å². The number of nitrogens with zero attached hydrogens (tertiary/aromatic N) is 2. The first-order valence-electron chi connectivity index (χ1n) is 7.97. The van der Waals surface area contributed by atoms with Gasteiger partial charge in [-0.25, -0.2) is 9.69 Å². The van der Waals surface area contributed by atoms with Gasteiger partial charge in [0, 0.05) is 0 Å². The lowest BCUT2D eigenvalue weighted by Gasteiger charge is -2.34. The number of likely N-dealkylation sites (tertiary alicyclic amines) is 1. The summed E-state index contributed by atoms with van der Waals surface area (Å²) in [4.78, 5) is 28.5. The molecule has 20 heavy (non-hydrogen) atoms. The molecule has 1 N–H and O–H groups in total. The Labute approximate surface area is 120 Å². The highest BCUT2D eigenvalue weighted by atomic mass is 16.2. The average Bonchev–Trinajstić information content (AvgIpc) is 2.68. The Balaban J connectivity index is 1.67. The summed E-state index contributed by atoms with van der Waals surface area (Å²) in [6, 6.07) is -0.185. The van der Waals surface area contributed by atoms with Crippen molar-refractivity contribution in [3.8, 4) is 0 Å². The van der Waals surface area contributed by atoms with Gasteiger partial charge in [-0.1, -0.05) is 13.3 Å². The van der Waals surface area contributed by atoms with Gasteiger partial charge in [-0.3, -0.25) is 9.69 Å². The molecule has 0 bridgehead atoms. The van der Waals surface area contributed by atoms with Crippen molar-refractivity contribution >= 4 is 11.9 Å². The second-order valence-corrected chi connectivity index (χ2v) is 6.75. The molecule has 0 aromatic heterocycles. The second kappa shape index (κ2) is 5.35. The van der Waals surface area contributed by atoms with Crippen molar-refractivity contribution in [2.24, 2.45) is 5.92 Å². The molecule has 1 aliphatic carbocycles. The highest BCUT2D eigenvalue weighted by molar-refractivity contribution is 6.07. The zero-order valence-electron chi connectivity index (χ0n) is 12.4. The van der Waals surface area contributed by atoms with Gasteiger partial charge >= 0.3 is 6.03 Å². The molecule has 0 atom stereocenters.